The maximum Gasteiger partial charge on any atom is 0.287 e. The number of amides is 1. The molecule has 1 amide bonds. The van der Waals surface area contributed by atoms with Gasteiger partial charge in [0.25, 0.3) is 5.91 Å². The minimum Gasteiger partial charge on any atom is -0.484 e. The molecule has 166 valence electrons. The van der Waals surface area contributed by atoms with Crippen LogP contribution in [-0.2, 0) is 6.54 Å². The number of para-hydroxylation sites is 2. The highest BCUT2D eigenvalue weighted by Gasteiger charge is 2.24. The molecule has 5 rings (SSSR count). The fourth-order valence-corrected chi connectivity index (χ4v) is 4.12. The minimum atomic E-state index is -0.399. The number of fused-ring (bicyclic) bond motifs is 2. The second-order valence-electron chi connectivity index (χ2n) is 8.09. The van der Waals surface area contributed by atoms with Gasteiger partial charge >= 0.3 is 0 Å². The van der Waals surface area contributed by atoms with E-state index in [1.165, 1.54) is 6.07 Å². The van der Waals surface area contributed by atoms with E-state index in [0.29, 0.717) is 30.6 Å². The summed E-state index contributed by atoms with van der Waals surface area (Å²) in [5.41, 5.74) is 2.40. The van der Waals surface area contributed by atoms with Gasteiger partial charge in [-0.25, -0.2) is 0 Å². The van der Waals surface area contributed by atoms with Crippen molar-refractivity contribution in [1.82, 2.24) is 10.2 Å². The van der Waals surface area contributed by atoms with Crippen molar-refractivity contribution in [3.8, 4) is 5.75 Å². The molecule has 0 aliphatic carbocycles. The Kier molecular flexibility index (Phi) is 5.91. The third-order valence-corrected chi connectivity index (χ3v) is 5.80. The number of carbonyl (C=O) groups is 1. The minimum absolute atomic E-state index is 0.0189. The van der Waals surface area contributed by atoms with Gasteiger partial charge in [-0.1, -0.05) is 60.7 Å². The zero-order chi connectivity index (χ0) is 22.6. The lowest BCUT2D eigenvalue weighted by molar-refractivity contribution is 0.0916. The molecule has 1 aliphatic heterocycles. The third-order valence-electron chi connectivity index (χ3n) is 5.80. The highest BCUT2D eigenvalue weighted by atomic mass is 16.5. The van der Waals surface area contributed by atoms with E-state index in [1.807, 2.05) is 36.4 Å². The zero-order valence-electron chi connectivity index (χ0n) is 18.1. The van der Waals surface area contributed by atoms with Crippen molar-refractivity contribution in [3.63, 3.8) is 0 Å². The molecule has 2 heterocycles. The molecule has 0 radical (unpaired) electrons. The number of benzene rings is 3. The van der Waals surface area contributed by atoms with E-state index in [0.717, 1.165) is 23.4 Å². The van der Waals surface area contributed by atoms with E-state index < -0.39 is 5.91 Å². The van der Waals surface area contributed by atoms with Gasteiger partial charge in [-0.3, -0.25) is 14.5 Å². The smallest absolute Gasteiger partial charge is 0.287 e. The van der Waals surface area contributed by atoms with Gasteiger partial charge in [-0.15, -0.1) is 0 Å². The zero-order valence-corrected chi connectivity index (χ0v) is 18.1. The van der Waals surface area contributed by atoms with Crippen LogP contribution < -0.4 is 15.5 Å². The molecule has 0 spiro atoms. The van der Waals surface area contributed by atoms with Gasteiger partial charge in [0.1, 0.15) is 17.4 Å². The Hall–Kier alpha value is -3.90. The standard InChI is InChI=1S/C27H24N2O4/c30-22-16-25(33-24-13-7-5-11-21(22)24)27(31)28-14-15-29-17-20-10-4-6-12-23(20)32-26(18-29)19-8-2-1-3-9-19/h1-13,16,26H,14-15,17-18H2,(H,28,31)/t26-/m0/s1. The summed E-state index contributed by atoms with van der Waals surface area (Å²) in [6.45, 7) is 2.46. The maximum atomic E-state index is 12.6. The average molecular weight is 440 g/mol. The molecule has 1 atom stereocenters. The molecule has 0 saturated heterocycles. The first kappa shape index (κ1) is 21.0. The van der Waals surface area contributed by atoms with E-state index in [-0.39, 0.29) is 17.3 Å². The number of hydrogen-bond donors (Lipinski definition) is 1. The second-order valence-corrected chi connectivity index (χ2v) is 8.09. The van der Waals surface area contributed by atoms with Gasteiger partial charge in [-0.05, 0) is 23.8 Å². The van der Waals surface area contributed by atoms with E-state index in [4.69, 9.17) is 9.15 Å². The van der Waals surface area contributed by atoms with Crippen LogP contribution >= 0.6 is 0 Å². The van der Waals surface area contributed by atoms with Gasteiger partial charge in [0, 0.05) is 37.8 Å². The van der Waals surface area contributed by atoms with Crippen molar-refractivity contribution in [3.05, 3.63) is 112 Å². The maximum absolute atomic E-state index is 12.6. The lowest BCUT2D eigenvalue weighted by atomic mass is 10.1. The summed E-state index contributed by atoms with van der Waals surface area (Å²) in [5.74, 6) is 0.505. The van der Waals surface area contributed by atoms with Gasteiger partial charge < -0.3 is 14.5 Å². The molecule has 4 aromatic rings. The van der Waals surface area contributed by atoms with Gasteiger partial charge in [-0.2, -0.15) is 0 Å². The van der Waals surface area contributed by atoms with Crippen LogP contribution in [0.4, 0.5) is 0 Å². The largest absolute Gasteiger partial charge is 0.484 e. The Morgan fingerprint density at radius 3 is 2.61 bits per heavy atom. The van der Waals surface area contributed by atoms with Crippen molar-refractivity contribution in [2.45, 2.75) is 12.6 Å². The molecule has 0 fully saturated rings. The topological polar surface area (TPSA) is 71.8 Å². The summed E-state index contributed by atoms with van der Waals surface area (Å²) in [4.78, 5) is 27.2. The molecule has 0 saturated carbocycles. The van der Waals surface area contributed by atoms with E-state index in [1.54, 1.807) is 24.3 Å². The van der Waals surface area contributed by atoms with Crippen LogP contribution in [0.25, 0.3) is 11.0 Å². The molecular formula is C27H24N2O4. The summed E-state index contributed by atoms with van der Waals surface area (Å²) in [5, 5.41) is 3.35. The molecule has 6 nitrogen and oxygen atoms in total. The number of carbonyl (C=O) groups excluding carboxylic acids is 1. The fourth-order valence-electron chi connectivity index (χ4n) is 4.12. The Morgan fingerprint density at radius 2 is 1.73 bits per heavy atom. The van der Waals surface area contributed by atoms with E-state index >= 15 is 0 Å². The van der Waals surface area contributed by atoms with Crippen molar-refractivity contribution >= 4 is 16.9 Å². The number of rotatable bonds is 5. The van der Waals surface area contributed by atoms with Crippen LogP contribution in [0.5, 0.6) is 5.75 Å². The molecule has 33 heavy (non-hydrogen) atoms. The third kappa shape index (κ3) is 4.66. The molecule has 1 N–H and O–H groups in total. The summed E-state index contributed by atoms with van der Waals surface area (Å²) in [7, 11) is 0. The normalized spacial score (nSPS) is 15.9. The summed E-state index contributed by atoms with van der Waals surface area (Å²) < 4.78 is 12.0. The molecule has 3 aromatic carbocycles. The van der Waals surface area contributed by atoms with Crippen molar-refractivity contribution in [2.24, 2.45) is 0 Å². The first-order chi connectivity index (χ1) is 16.2. The fraction of sp³-hybridized carbons (Fsp3) is 0.185. The Bertz CT molecular complexity index is 1330. The summed E-state index contributed by atoms with van der Waals surface area (Å²) >= 11 is 0. The first-order valence-electron chi connectivity index (χ1n) is 11.0. The van der Waals surface area contributed by atoms with Crippen molar-refractivity contribution < 1.29 is 13.9 Å². The molecule has 0 bridgehead atoms. The van der Waals surface area contributed by atoms with Crippen LogP contribution in [0.15, 0.2) is 94.1 Å². The van der Waals surface area contributed by atoms with Gasteiger partial charge in [0.15, 0.2) is 11.2 Å². The lowest BCUT2D eigenvalue weighted by Crippen LogP contribution is -2.36. The van der Waals surface area contributed by atoms with Crippen molar-refractivity contribution in [1.29, 1.82) is 0 Å². The van der Waals surface area contributed by atoms with Crippen LogP contribution in [0.3, 0.4) is 0 Å². The monoisotopic (exact) mass is 440 g/mol. The Balaban J connectivity index is 1.28. The summed E-state index contributed by atoms with van der Waals surface area (Å²) in [6.07, 6.45) is -0.107. The Morgan fingerprint density at radius 1 is 0.970 bits per heavy atom. The molecule has 1 aromatic heterocycles. The molecule has 1 aliphatic rings. The SMILES string of the molecule is O=C(NCCN1Cc2ccccc2O[C@H](c2ccccc2)C1)c1cc(=O)c2ccccc2o1. The summed E-state index contributed by atoms with van der Waals surface area (Å²) in [6, 6.07) is 26.4. The number of hydrogen-bond acceptors (Lipinski definition) is 5. The molecular weight excluding hydrogens is 416 g/mol. The van der Waals surface area contributed by atoms with Gasteiger partial charge in [0.2, 0.25) is 0 Å². The van der Waals surface area contributed by atoms with E-state index in [9.17, 15) is 9.59 Å². The van der Waals surface area contributed by atoms with Crippen LogP contribution in [0, 0.1) is 0 Å². The number of ether oxygens (including phenoxy) is 1. The first-order valence-corrected chi connectivity index (χ1v) is 11.0. The van der Waals surface area contributed by atoms with Crippen LogP contribution in [0.2, 0.25) is 0 Å². The number of nitrogens with zero attached hydrogens (tertiary/aromatic N) is 1. The molecule has 6 heteroatoms. The predicted molar refractivity (Wildman–Crippen MR) is 126 cm³/mol. The van der Waals surface area contributed by atoms with Crippen LogP contribution in [0.1, 0.15) is 27.8 Å². The van der Waals surface area contributed by atoms with Crippen molar-refractivity contribution in [2.75, 3.05) is 19.6 Å². The average Bonchev–Trinajstić information content (AvgIpc) is 3.04. The lowest BCUT2D eigenvalue weighted by Gasteiger charge is -2.24. The van der Waals surface area contributed by atoms with Gasteiger partial charge in [0.05, 0.1) is 5.39 Å². The Labute approximate surface area is 191 Å². The molecule has 0 unspecified atom stereocenters. The highest BCUT2D eigenvalue weighted by molar-refractivity contribution is 5.93. The van der Waals surface area contributed by atoms with E-state index in [2.05, 4.69) is 28.4 Å². The highest BCUT2D eigenvalue weighted by Crippen LogP contribution is 2.30. The number of nitrogens with one attached hydrogen (secondary N) is 1. The quantitative estimate of drug-likeness (QED) is 0.505. The second kappa shape index (κ2) is 9.30. The predicted octanol–water partition coefficient (Wildman–Crippen LogP) is 4.16. The van der Waals surface area contributed by atoms with Crippen LogP contribution in [-0.4, -0.2) is 30.4 Å².